The summed E-state index contributed by atoms with van der Waals surface area (Å²) >= 11 is 1.35. The van der Waals surface area contributed by atoms with Crippen molar-refractivity contribution in [3.63, 3.8) is 0 Å². The molecule has 2 N–H and O–H groups in total. The number of anilines is 1. The lowest BCUT2D eigenvalue weighted by molar-refractivity contribution is -0.113. The maximum Gasteiger partial charge on any atom is 0.237 e. The standard InChI is InChI=1S/C15H17N7OS/c23-13(18-14-16-11-7-3-4-8-12(11)17-14)9-24-15-19-20-21-22(15)10-5-1-2-6-10/h3-4,7-8,10H,1-2,5-6,9H2,(H2,16,17,18,23). The van der Waals surface area contributed by atoms with E-state index in [2.05, 4.69) is 30.8 Å². The van der Waals surface area contributed by atoms with Crippen molar-refractivity contribution in [2.75, 3.05) is 11.1 Å². The number of carbonyl (C=O) groups is 1. The summed E-state index contributed by atoms with van der Waals surface area (Å²) in [7, 11) is 0. The number of thioether (sulfide) groups is 1. The van der Waals surface area contributed by atoms with E-state index in [1.807, 2.05) is 28.9 Å². The Kier molecular flexibility index (Phi) is 4.16. The number of rotatable bonds is 5. The Bertz CT molecular complexity index is 819. The van der Waals surface area contributed by atoms with E-state index in [1.165, 1.54) is 24.6 Å². The van der Waals surface area contributed by atoms with Gasteiger partial charge in [-0.1, -0.05) is 36.7 Å². The highest BCUT2D eigenvalue weighted by Gasteiger charge is 2.22. The van der Waals surface area contributed by atoms with Gasteiger partial charge < -0.3 is 4.98 Å². The van der Waals surface area contributed by atoms with E-state index in [-0.39, 0.29) is 11.7 Å². The molecule has 2 heterocycles. The molecule has 0 atom stereocenters. The van der Waals surface area contributed by atoms with Gasteiger partial charge in [0.15, 0.2) is 0 Å². The first-order chi connectivity index (χ1) is 11.8. The minimum absolute atomic E-state index is 0.139. The third-order valence-corrected chi connectivity index (χ3v) is 5.05. The van der Waals surface area contributed by atoms with Crippen LogP contribution >= 0.6 is 11.8 Å². The van der Waals surface area contributed by atoms with Crippen LogP contribution in [0.3, 0.4) is 0 Å². The second kappa shape index (κ2) is 6.60. The molecule has 24 heavy (non-hydrogen) atoms. The third-order valence-electron chi connectivity index (χ3n) is 4.11. The Hall–Kier alpha value is -2.42. The summed E-state index contributed by atoms with van der Waals surface area (Å²) in [6, 6.07) is 8.01. The number of nitrogens with one attached hydrogen (secondary N) is 2. The molecule has 0 radical (unpaired) electrons. The summed E-state index contributed by atoms with van der Waals surface area (Å²) < 4.78 is 1.85. The number of benzene rings is 1. The molecule has 0 saturated heterocycles. The summed E-state index contributed by atoms with van der Waals surface area (Å²) in [5.41, 5.74) is 1.72. The molecule has 3 aromatic rings. The van der Waals surface area contributed by atoms with Crippen molar-refractivity contribution in [3.8, 4) is 0 Å². The van der Waals surface area contributed by atoms with Gasteiger partial charge in [-0.3, -0.25) is 10.1 Å². The molecule has 4 rings (SSSR count). The summed E-state index contributed by atoms with van der Waals surface area (Å²) in [4.78, 5) is 19.6. The largest absolute Gasteiger partial charge is 0.324 e. The molecule has 2 aromatic heterocycles. The number of nitrogens with zero attached hydrogens (tertiary/aromatic N) is 5. The van der Waals surface area contributed by atoms with Gasteiger partial charge in [-0.15, -0.1) is 5.10 Å². The number of imidazole rings is 1. The third kappa shape index (κ3) is 3.12. The molecule has 9 heteroatoms. The van der Waals surface area contributed by atoms with Crippen molar-refractivity contribution < 1.29 is 4.79 Å². The molecule has 1 saturated carbocycles. The highest BCUT2D eigenvalue weighted by atomic mass is 32.2. The van der Waals surface area contributed by atoms with Crippen molar-refractivity contribution in [2.24, 2.45) is 0 Å². The maximum atomic E-state index is 12.1. The Morgan fingerprint density at radius 2 is 2.17 bits per heavy atom. The lowest BCUT2D eigenvalue weighted by atomic mass is 10.3. The second-order valence-corrected chi connectivity index (χ2v) is 6.73. The van der Waals surface area contributed by atoms with Crippen LogP contribution in [0.5, 0.6) is 0 Å². The smallest absolute Gasteiger partial charge is 0.237 e. The average Bonchev–Trinajstić information content (AvgIpc) is 3.31. The predicted molar refractivity (Wildman–Crippen MR) is 90.8 cm³/mol. The van der Waals surface area contributed by atoms with Gasteiger partial charge >= 0.3 is 0 Å². The summed E-state index contributed by atoms with van der Waals surface area (Å²) in [6.07, 6.45) is 4.62. The van der Waals surface area contributed by atoms with E-state index in [1.54, 1.807) is 0 Å². The number of para-hydroxylation sites is 2. The summed E-state index contributed by atoms with van der Waals surface area (Å²) in [5, 5.41) is 15.3. The summed E-state index contributed by atoms with van der Waals surface area (Å²) in [5.74, 6) is 0.557. The normalized spacial score (nSPS) is 15.2. The quantitative estimate of drug-likeness (QED) is 0.690. The number of H-pyrrole nitrogens is 1. The number of aromatic nitrogens is 6. The molecule has 8 nitrogen and oxygen atoms in total. The number of amides is 1. The molecule has 0 aliphatic heterocycles. The zero-order valence-electron chi connectivity index (χ0n) is 13.0. The molecular formula is C15H17N7OS. The molecule has 124 valence electrons. The zero-order chi connectivity index (χ0) is 16.4. The Balaban J connectivity index is 1.37. The summed E-state index contributed by atoms with van der Waals surface area (Å²) in [6.45, 7) is 0. The maximum absolute atomic E-state index is 12.1. The second-order valence-electron chi connectivity index (χ2n) is 5.78. The van der Waals surface area contributed by atoms with Gasteiger partial charge in [-0.2, -0.15) is 0 Å². The Labute approximate surface area is 142 Å². The zero-order valence-corrected chi connectivity index (χ0v) is 13.8. The van der Waals surface area contributed by atoms with Crippen LogP contribution in [0.15, 0.2) is 29.4 Å². The van der Waals surface area contributed by atoms with E-state index in [4.69, 9.17) is 0 Å². The first-order valence-electron chi connectivity index (χ1n) is 7.95. The van der Waals surface area contributed by atoms with Crippen LogP contribution in [-0.4, -0.2) is 41.8 Å². The topological polar surface area (TPSA) is 101 Å². The van der Waals surface area contributed by atoms with Crippen LogP contribution in [0.1, 0.15) is 31.7 Å². The van der Waals surface area contributed by atoms with Crippen LogP contribution in [0.4, 0.5) is 5.95 Å². The molecule has 0 unspecified atom stereocenters. The average molecular weight is 343 g/mol. The van der Waals surface area contributed by atoms with E-state index in [0.29, 0.717) is 17.1 Å². The molecule has 1 aliphatic rings. The van der Waals surface area contributed by atoms with Gasteiger partial charge in [0, 0.05) is 0 Å². The molecule has 1 fully saturated rings. The first kappa shape index (κ1) is 15.1. The molecule has 0 bridgehead atoms. The number of aromatic amines is 1. The van der Waals surface area contributed by atoms with Gasteiger partial charge in [0.25, 0.3) is 0 Å². The van der Waals surface area contributed by atoms with Crippen molar-refractivity contribution in [3.05, 3.63) is 24.3 Å². The van der Waals surface area contributed by atoms with Crippen LogP contribution in [0, 0.1) is 0 Å². The van der Waals surface area contributed by atoms with Gasteiger partial charge in [0.1, 0.15) is 0 Å². The number of hydrogen-bond donors (Lipinski definition) is 2. The van der Waals surface area contributed by atoms with Crippen molar-refractivity contribution >= 4 is 34.7 Å². The molecule has 1 amide bonds. The van der Waals surface area contributed by atoms with Crippen LogP contribution in [-0.2, 0) is 4.79 Å². The fourth-order valence-electron chi connectivity index (χ4n) is 2.97. The predicted octanol–water partition coefficient (Wildman–Crippen LogP) is 2.40. The minimum atomic E-state index is -0.139. The van der Waals surface area contributed by atoms with Gasteiger partial charge in [-0.05, 0) is 35.4 Å². The van der Waals surface area contributed by atoms with Crippen LogP contribution in [0.2, 0.25) is 0 Å². The minimum Gasteiger partial charge on any atom is -0.324 e. The van der Waals surface area contributed by atoms with Gasteiger partial charge in [0.05, 0.1) is 22.8 Å². The van der Waals surface area contributed by atoms with E-state index >= 15 is 0 Å². The van der Waals surface area contributed by atoms with E-state index in [0.717, 1.165) is 23.9 Å². The fourth-order valence-corrected chi connectivity index (χ4v) is 3.71. The monoisotopic (exact) mass is 343 g/mol. The SMILES string of the molecule is O=C(CSc1nnnn1C1CCCC1)Nc1nc2ccccc2[nH]1. The number of fused-ring (bicyclic) bond motifs is 1. The van der Waals surface area contributed by atoms with Crippen molar-refractivity contribution in [2.45, 2.75) is 36.9 Å². The van der Waals surface area contributed by atoms with E-state index in [9.17, 15) is 4.79 Å². The van der Waals surface area contributed by atoms with Crippen LogP contribution in [0.25, 0.3) is 11.0 Å². The van der Waals surface area contributed by atoms with Gasteiger partial charge in [-0.25, -0.2) is 9.67 Å². The molecule has 0 spiro atoms. The number of hydrogen-bond acceptors (Lipinski definition) is 6. The highest BCUT2D eigenvalue weighted by Crippen LogP contribution is 2.31. The molecule has 1 aromatic carbocycles. The van der Waals surface area contributed by atoms with Crippen molar-refractivity contribution in [1.29, 1.82) is 0 Å². The number of tetrazole rings is 1. The van der Waals surface area contributed by atoms with Gasteiger partial charge in [0.2, 0.25) is 17.0 Å². The first-order valence-corrected chi connectivity index (χ1v) is 8.93. The lowest BCUT2D eigenvalue weighted by Gasteiger charge is -2.10. The Morgan fingerprint density at radius 1 is 1.33 bits per heavy atom. The number of carbonyl (C=O) groups excluding carboxylic acids is 1. The molecular weight excluding hydrogens is 326 g/mol. The van der Waals surface area contributed by atoms with Crippen LogP contribution < -0.4 is 5.32 Å². The highest BCUT2D eigenvalue weighted by molar-refractivity contribution is 7.99. The van der Waals surface area contributed by atoms with E-state index < -0.39 is 0 Å². The Morgan fingerprint density at radius 3 is 3.00 bits per heavy atom. The molecule has 1 aliphatic carbocycles. The lowest BCUT2D eigenvalue weighted by Crippen LogP contribution is -2.16. The van der Waals surface area contributed by atoms with Crippen molar-refractivity contribution in [1.82, 2.24) is 30.2 Å². The fraction of sp³-hybridized carbons (Fsp3) is 0.400.